The number of fused-ring (bicyclic) bond motifs is 1. The van der Waals surface area contributed by atoms with Crippen molar-refractivity contribution < 1.29 is 18.9 Å². The molecule has 0 aliphatic carbocycles. The smallest absolute Gasteiger partial charge is 0.320 e. The molecule has 0 saturated carbocycles. The number of aryl methyl sites for hydroxylation is 1. The first kappa shape index (κ1) is 21.6. The zero-order valence-electron chi connectivity index (χ0n) is 17.6. The molecule has 0 atom stereocenters. The number of methoxy groups -OCH3 is 1. The van der Waals surface area contributed by atoms with Gasteiger partial charge in [0.05, 0.1) is 13.7 Å². The lowest BCUT2D eigenvalue weighted by Crippen LogP contribution is -2.17. The van der Waals surface area contributed by atoms with Crippen molar-refractivity contribution >= 4 is 17.0 Å². The summed E-state index contributed by atoms with van der Waals surface area (Å²) < 4.78 is 24.2. The maximum absolute atomic E-state index is 6.07. The van der Waals surface area contributed by atoms with Crippen LogP contribution in [0.25, 0.3) is 11.2 Å². The van der Waals surface area contributed by atoms with Crippen LogP contribution < -0.4 is 15.2 Å². The van der Waals surface area contributed by atoms with Gasteiger partial charge in [-0.05, 0) is 38.0 Å². The second-order valence-corrected chi connectivity index (χ2v) is 7.33. The van der Waals surface area contributed by atoms with Crippen LogP contribution in [0.4, 0.5) is 5.82 Å². The molecule has 1 aliphatic rings. The predicted octanol–water partition coefficient (Wildman–Crippen LogP) is 2.82. The summed E-state index contributed by atoms with van der Waals surface area (Å²) in [4.78, 5) is 13.1. The molecule has 3 rings (SSSR count). The van der Waals surface area contributed by atoms with Crippen LogP contribution in [0.5, 0.6) is 12.0 Å². The minimum absolute atomic E-state index is 0.278. The van der Waals surface area contributed by atoms with Gasteiger partial charge in [0.15, 0.2) is 17.0 Å². The van der Waals surface area contributed by atoms with E-state index in [0.29, 0.717) is 42.8 Å². The number of imidazole rings is 1. The molecular weight excluding hydrogens is 374 g/mol. The van der Waals surface area contributed by atoms with E-state index in [2.05, 4.69) is 21.9 Å². The highest BCUT2D eigenvalue weighted by Crippen LogP contribution is 2.25. The third-order valence-electron chi connectivity index (χ3n) is 5.16. The fourth-order valence-electron chi connectivity index (χ4n) is 3.42. The largest absolute Gasteiger partial charge is 0.468 e. The van der Waals surface area contributed by atoms with E-state index in [1.54, 1.807) is 7.11 Å². The van der Waals surface area contributed by atoms with E-state index in [0.717, 1.165) is 64.3 Å². The van der Waals surface area contributed by atoms with Crippen LogP contribution in [0.1, 0.15) is 45.4 Å². The molecule has 1 saturated heterocycles. The summed E-state index contributed by atoms with van der Waals surface area (Å²) in [6, 6.07) is 0.744. The number of aromatic nitrogens is 4. The third kappa shape index (κ3) is 5.93. The predicted molar refractivity (Wildman–Crippen MR) is 110 cm³/mol. The van der Waals surface area contributed by atoms with E-state index < -0.39 is 0 Å². The van der Waals surface area contributed by atoms with Crippen molar-refractivity contribution in [1.29, 1.82) is 0 Å². The first-order valence-corrected chi connectivity index (χ1v) is 10.6. The van der Waals surface area contributed by atoms with Crippen LogP contribution in [0.3, 0.4) is 0 Å². The van der Waals surface area contributed by atoms with Gasteiger partial charge >= 0.3 is 6.01 Å². The normalized spacial score (nSPS) is 15.1. The maximum Gasteiger partial charge on any atom is 0.320 e. The van der Waals surface area contributed by atoms with E-state index in [1.165, 1.54) is 0 Å². The summed E-state index contributed by atoms with van der Waals surface area (Å²) >= 11 is 0. The van der Waals surface area contributed by atoms with Crippen molar-refractivity contribution in [3.8, 4) is 12.0 Å². The fourth-order valence-corrected chi connectivity index (χ4v) is 3.42. The zero-order valence-corrected chi connectivity index (χ0v) is 17.6. The van der Waals surface area contributed by atoms with E-state index in [4.69, 9.17) is 24.7 Å². The lowest BCUT2D eigenvalue weighted by atomic mass is 9.97. The van der Waals surface area contributed by atoms with Crippen LogP contribution in [0.15, 0.2) is 0 Å². The average molecular weight is 408 g/mol. The number of rotatable bonds is 12. The number of ether oxygens (including phenoxy) is 4. The highest BCUT2D eigenvalue weighted by molar-refractivity contribution is 5.83. The molecule has 0 spiro atoms. The van der Waals surface area contributed by atoms with Crippen molar-refractivity contribution in [3.63, 3.8) is 0 Å². The lowest BCUT2D eigenvalue weighted by molar-refractivity contribution is 0.0468. The number of unbranched alkanes of at least 4 members (excludes halogenated alkanes) is 1. The molecule has 9 heteroatoms. The molecule has 0 amide bonds. The topological polar surface area (TPSA) is 107 Å². The van der Waals surface area contributed by atoms with Gasteiger partial charge in [-0.15, -0.1) is 0 Å². The monoisotopic (exact) mass is 407 g/mol. The first-order valence-electron chi connectivity index (χ1n) is 10.6. The Morgan fingerprint density at radius 3 is 2.69 bits per heavy atom. The number of hydrogen-bond donors (Lipinski definition) is 1. The van der Waals surface area contributed by atoms with Crippen molar-refractivity contribution in [2.75, 3.05) is 45.9 Å². The molecular formula is C20H33N5O4. The van der Waals surface area contributed by atoms with Gasteiger partial charge in [0, 0.05) is 33.0 Å². The molecule has 0 unspecified atom stereocenters. The first-order chi connectivity index (χ1) is 14.2. The fraction of sp³-hybridized carbons (Fsp3) is 0.750. The summed E-state index contributed by atoms with van der Waals surface area (Å²) in [5, 5.41) is 0. The molecule has 1 fully saturated rings. The Kier molecular flexibility index (Phi) is 8.30. The van der Waals surface area contributed by atoms with Gasteiger partial charge in [-0.1, -0.05) is 13.3 Å². The van der Waals surface area contributed by atoms with Gasteiger partial charge in [0.1, 0.15) is 0 Å². The molecule has 0 radical (unpaired) electrons. The summed E-state index contributed by atoms with van der Waals surface area (Å²) in [6.45, 7) is 6.56. The molecule has 29 heavy (non-hydrogen) atoms. The number of nitrogens with zero attached hydrogens (tertiary/aromatic N) is 4. The zero-order chi connectivity index (χ0) is 20.5. The summed E-state index contributed by atoms with van der Waals surface area (Å²) in [7, 11) is 1.59. The molecule has 3 heterocycles. The third-order valence-corrected chi connectivity index (χ3v) is 5.16. The SMILES string of the molecule is CCCCOc1nc(N)c2nc(OC)n(CCCOCCC3CCOCC3)c2n1. The quantitative estimate of drug-likeness (QED) is 0.535. The number of nitrogen functional groups attached to an aromatic ring is 1. The number of anilines is 1. The van der Waals surface area contributed by atoms with Gasteiger partial charge in [0.2, 0.25) is 0 Å². The molecule has 162 valence electrons. The van der Waals surface area contributed by atoms with E-state index >= 15 is 0 Å². The van der Waals surface area contributed by atoms with Crippen LogP contribution >= 0.6 is 0 Å². The Morgan fingerprint density at radius 2 is 1.93 bits per heavy atom. The molecule has 2 N–H and O–H groups in total. The second-order valence-electron chi connectivity index (χ2n) is 7.33. The summed E-state index contributed by atoms with van der Waals surface area (Å²) in [5.41, 5.74) is 7.23. The van der Waals surface area contributed by atoms with E-state index in [-0.39, 0.29) is 6.01 Å². The highest BCUT2D eigenvalue weighted by atomic mass is 16.5. The highest BCUT2D eigenvalue weighted by Gasteiger charge is 2.18. The average Bonchev–Trinajstić information content (AvgIpc) is 3.10. The van der Waals surface area contributed by atoms with E-state index in [9.17, 15) is 0 Å². The van der Waals surface area contributed by atoms with Gasteiger partial charge in [0.25, 0.3) is 6.01 Å². The van der Waals surface area contributed by atoms with Crippen LogP contribution in [-0.4, -0.2) is 59.7 Å². The molecule has 0 bridgehead atoms. The Hall–Kier alpha value is -2.13. The summed E-state index contributed by atoms with van der Waals surface area (Å²) in [5.74, 6) is 1.03. The van der Waals surface area contributed by atoms with Gasteiger partial charge in [-0.2, -0.15) is 15.0 Å². The second kappa shape index (κ2) is 11.2. The minimum atomic E-state index is 0.278. The Morgan fingerprint density at radius 1 is 1.10 bits per heavy atom. The molecule has 2 aromatic heterocycles. The van der Waals surface area contributed by atoms with Crippen molar-refractivity contribution in [2.24, 2.45) is 5.92 Å². The van der Waals surface area contributed by atoms with Crippen LogP contribution in [0.2, 0.25) is 0 Å². The van der Waals surface area contributed by atoms with Crippen molar-refractivity contribution in [1.82, 2.24) is 19.5 Å². The van der Waals surface area contributed by atoms with E-state index in [1.807, 2.05) is 4.57 Å². The Balaban J connectivity index is 1.55. The van der Waals surface area contributed by atoms with Crippen molar-refractivity contribution in [3.05, 3.63) is 0 Å². The van der Waals surface area contributed by atoms with Crippen molar-refractivity contribution in [2.45, 2.75) is 52.0 Å². The standard InChI is InChI=1S/C20H33N5O4/c1-3-4-11-29-19-23-17(21)16-18(24-19)25(20(22-16)26-2)9-5-10-27-12-6-15-7-13-28-14-8-15/h15H,3-14H2,1-2H3,(H2,21,23,24). The Labute approximate surface area is 171 Å². The number of hydrogen-bond acceptors (Lipinski definition) is 8. The minimum Gasteiger partial charge on any atom is -0.468 e. The van der Waals surface area contributed by atoms with Crippen LogP contribution in [-0.2, 0) is 16.0 Å². The van der Waals surface area contributed by atoms with Gasteiger partial charge in [-0.25, -0.2) is 0 Å². The van der Waals surface area contributed by atoms with Crippen LogP contribution in [0, 0.1) is 5.92 Å². The Bertz CT molecular complexity index is 761. The molecule has 2 aromatic rings. The maximum atomic E-state index is 6.07. The molecule has 0 aromatic carbocycles. The van der Waals surface area contributed by atoms with Gasteiger partial charge < -0.3 is 24.7 Å². The molecule has 1 aliphatic heterocycles. The number of nitrogens with two attached hydrogens (primary N) is 1. The summed E-state index contributed by atoms with van der Waals surface area (Å²) in [6.07, 6.45) is 6.19. The molecule has 9 nitrogen and oxygen atoms in total. The van der Waals surface area contributed by atoms with Gasteiger partial charge in [-0.3, -0.25) is 4.57 Å². The lowest BCUT2D eigenvalue weighted by Gasteiger charge is -2.21.